The van der Waals surface area contributed by atoms with Gasteiger partial charge in [-0.3, -0.25) is 0 Å². The summed E-state index contributed by atoms with van der Waals surface area (Å²) in [6.07, 6.45) is 5.43. The van der Waals surface area contributed by atoms with Gasteiger partial charge in [0.25, 0.3) is 0 Å². The molecule has 2 unspecified atom stereocenters. The Hall–Kier alpha value is -0.0800. The molecule has 114 valence electrons. The van der Waals surface area contributed by atoms with Crippen molar-refractivity contribution in [3.05, 3.63) is 0 Å². The molecule has 0 radical (unpaired) electrons. The molecule has 0 spiro atoms. The maximum Gasteiger partial charge on any atom is 0.00191 e. The second kappa shape index (κ2) is 8.26. The summed E-state index contributed by atoms with van der Waals surface area (Å²) in [5, 5.41) is 3.55. The monoisotopic (exact) mass is 268 g/mol. The molecule has 0 amide bonds. The van der Waals surface area contributed by atoms with Crippen molar-refractivity contribution in [3.8, 4) is 0 Å². The molecule has 0 aromatic heterocycles. The van der Waals surface area contributed by atoms with E-state index in [0.717, 1.165) is 18.4 Å². The minimum absolute atomic E-state index is 0.490. The number of likely N-dealkylation sites (tertiary alicyclic amines) is 1. The van der Waals surface area contributed by atoms with E-state index in [1.165, 1.54) is 51.9 Å². The van der Waals surface area contributed by atoms with Crippen LogP contribution in [0.5, 0.6) is 0 Å². The molecule has 0 saturated carbocycles. The topological polar surface area (TPSA) is 15.3 Å². The van der Waals surface area contributed by atoms with E-state index in [1.54, 1.807) is 0 Å². The van der Waals surface area contributed by atoms with Crippen molar-refractivity contribution in [1.82, 2.24) is 10.2 Å². The number of hydrogen-bond donors (Lipinski definition) is 1. The Balaban J connectivity index is 2.29. The summed E-state index contributed by atoms with van der Waals surface area (Å²) in [5.74, 6) is 1.68. The van der Waals surface area contributed by atoms with Crippen LogP contribution < -0.4 is 5.32 Å². The van der Waals surface area contributed by atoms with Crippen LogP contribution in [0, 0.1) is 17.3 Å². The highest BCUT2D eigenvalue weighted by Crippen LogP contribution is 2.34. The molecule has 19 heavy (non-hydrogen) atoms. The normalized spacial score (nSPS) is 24.2. The Labute approximate surface area is 121 Å². The SMILES string of the molecule is CCCNCC(C)CN1CCCC(C(C)(C)C)CC1. The molecule has 1 saturated heterocycles. The van der Waals surface area contributed by atoms with E-state index in [2.05, 4.69) is 44.8 Å². The molecule has 1 rings (SSSR count). The van der Waals surface area contributed by atoms with E-state index >= 15 is 0 Å². The lowest BCUT2D eigenvalue weighted by atomic mass is 9.77. The Morgan fingerprint density at radius 1 is 1.21 bits per heavy atom. The van der Waals surface area contributed by atoms with E-state index in [-0.39, 0.29) is 0 Å². The van der Waals surface area contributed by atoms with Crippen LogP contribution in [0.2, 0.25) is 0 Å². The quantitative estimate of drug-likeness (QED) is 0.738. The Morgan fingerprint density at radius 3 is 2.58 bits per heavy atom. The van der Waals surface area contributed by atoms with Gasteiger partial charge in [-0.1, -0.05) is 34.6 Å². The summed E-state index contributed by atoms with van der Waals surface area (Å²) in [6, 6.07) is 0. The predicted octanol–water partition coefficient (Wildman–Crippen LogP) is 3.77. The lowest BCUT2D eigenvalue weighted by Crippen LogP contribution is -2.34. The molecule has 1 fully saturated rings. The fourth-order valence-corrected chi connectivity index (χ4v) is 3.24. The third kappa shape index (κ3) is 6.76. The van der Waals surface area contributed by atoms with Crippen molar-refractivity contribution in [1.29, 1.82) is 0 Å². The van der Waals surface area contributed by atoms with E-state index in [0.29, 0.717) is 5.41 Å². The van der Waals surface area contributed by atoms with Gasteiger partial charge < -0.3 is 10.2 Å². The third-order valence-corrected chi connectivity index (χ3v) is 4.53. The van der Waals surface area contributed by atoms with Crippen LogP contribution in [0.3, 0.4) is 0 Å². The van der Waals surface area contributed by atoms with Gasteiger partial charge in [0, 0.05) is 6.54 Å². The van der Waals surface area contributed by atoms with Crippen LogP contribution in [0.1, 0.15) is 60.3 Å². The smallest absolute Gasteiger partial charge is 0.00191 e. The van der Waals surface area contributed by atoms with E-state index in [9.17, 15) is 0 Å². The van der Waals surface area contributed by atoms with Gasteiger partial charge in [0.2, 0.25) is 0 Å². The van der Waals surface area contributed by atoms with Gasteiger partial charge in [-0.25, -0.2) is 0 Å². The molecule has 1 N–H and O–H groups in total. The van der Waals surface area contributed by atoms with E-state index in [1.807, 2.05) is 0 Å². The highest BCUT2D eigenvalue weighted by Gasteiger charge is 2.27. The van der Waals surface area contributed by atoms with Crippen molar-refractivity contribution in [2.24, 2.45) is 17.3 Å². The van der Waals surface area contributed by atoms with Crippen LogP contribution in [-0.2, 0) is 0 Å². The van der Waals surface area contributed by atoms with Crippen LogP contribution in [0.4, 0.5) is 0 Å². The second-order valence-electron chi connectivity index (χ2n) is 7.60. The average molecular weight is 268 g/mol. The average Bonchev–Trinajstić information content (AvgIpc) is 2.54. The fraction of sp³-hybridized carbons (Fsp3) is 1.00. The maximum absolute atomic E-state index is 3.55. The van der Waals surface area contributed by atoms with Crippen molar-refractivity contribution in [2.45, 2.75) is 60.3 Å². The highest BCUT2D eigenvalue weighted by atomic mass is 15.1. The van der Waals surface area contributed by atoms with Gasteiger partial charge in [-0.05, 0) is 69.1 Å². The van der Waals surface area contributed by atoms with Crippen LogP contribution in [0.25, 0.3) is 0 Å². The summed E-state index contributed by atoms with van der Waals surface area (Å²) in [6.45, 7) is 18.1. The minimum atomic E-state index is 0.490. The van der Waals surface area contributed by atoms with Gasteiger partial charge in [0.15, 0.2) is 0 Å². The Morgan fingerprint density at radius 2 is 1.95 bits per heavy atom. The number of nitrogens with zero attached hydrogens (tertiary/aromatic N) is 1. The largest absolute Gasteiger partial charge is 0.316 e. The standard InChI is InChI=1S/C17H36N2/c1-6-10-18-13-15(2)14-19-11-7-8-16(9-12-19)17(3,4)5/h15-16,18H,6-14H2,1-5H3. The number of nitrogens with one attached hydrogen (secondary N) is 1. The molecule has 1 aliphatic rings. The summed E-state index contributed by atoms with van der Waals surface area (Å²) in [4.78, 5) is 2.70. The van der Waals surface area contributed by atoms with Gasteiger partial charge in [-0.2, -0.15) is 0 Å². The van der Waals surface area contributed by atoms with Gasteiger partial charge in [-0.15, -0.1) is 0 Å². The van der Waals surface area contributed by atoms with Gasteiger partial charge in [0.1, 0.15) is 0 Å². The summed E-state index contributed by atoms with van der Waals surface area (Å²) in [5.41, 5.74) is 0.490. The molecule has 2 heteroatoms. The fourth-order valence-electron chi connectivity index (χ4n) is 3.24. The summed E-state index contributed by atoms with van der Waals surface area (Å²) in [7, 11) is 0. The zero-order chi connectivity index (χ0) is 14.3. The molecule has 2 nitrogen and oxygen atoms in total. The zero-order valence-electron chi connectivity index (χ0n) is 14.0. The molecule has 0 aromatic rings. The van der Waals surface area contributed by atoms with Crippen molar-refractivity contribution < 1.29 is 0 Å². The van der Waals surface area contributed by atoms with Gasteiger partial charge >= 0.3 is 0 Å². The molecule has 1 heterocycles. The summed E-state index contributed by atoms with van der Waals surface area (Å²) < 4.78 is 0. The molecule has 1 aliphatic heterocycles. The first-order chi connectivity index (χ1) is 8.93. The van der Waals surface area contributed by atoms with Crippen molar-refractivity contribution in [3.63, 3.8) is 0 Å². The second-order valence-corrected chi connectivity index (χ2v) is 7.60. The third-order valence-electron chi connectivity index (χ3n) is 4.53. The molecule has 0 aromatic carbocycles. The first-order valence-corrected chi connectivity index (χ1v) is 8.36. The van der Waals surface area contributed by atoms with Crippen LogP contribution in [0.15, 0.2) is 0 Å². The van der Waals surface area contributed by atoms with Gasteiger partial charge in [0.05, 0.1) is 0 Å². The Bertz CT molecular complexity index is 232. The van der Waals surface area contributed by atoms with E-state index in [4.69, 9.17) is 0 Å². The minimum Gasteiger partial charge on any atom is -0.316 e. The molecular weight excluding hydrogens is 232 g/mol. The van der Waals surface area contributed by atoms with Crippen molar-refractivity contribution in [2.75, 3.05) is 32.7 Å². The maximum atomic E-state index is 3.55. The predicted molar refractivity (Wildman–Crippen MR) is 85.6 cm³/mol. The van der Waals surface area contributed by atoms with E-state index < -0.39 is 0 Å². The van der Waals surface area contributed by atoms with Crippen LogP contribution >= 0.6 is 0 Å². The highest BCUT2D eigenvalue weighted by molar-refractivity contribution is 4.79. The molecule has 0 bridgehead atoms. The zero-order valence-corrected chi connectivity index (χ0v) is 14.0. The Kier molecular flexibility index (Phi) is 7.38. The lowest BCUT2D eigenvalue weighted by Gasteiger charge is -2.30. The molecule has 0 aliphatic carbocycles. The number of hydrogen-bond acceptors (Lipinski definition) is 2. The molecular formula is C17H36N2. The first kappa shape index (κ1) is 17.0. The number of rotatable bonds is 6. The summed E-state index contributed by atoms with van der Waals surface area (Å²) >= 11 is 0. The van der Waals surface area contributed by atoms with Crippen molar-refractivity contribution >= 4 is 0 Å². The van der Waals surface area contributed by atoms with Crippen LogP contribution in [-0.4, -0.2) is 37.6 Å². The first-order valence-electron chi connectivity index (χ1n) is 8.36. The molecule has 2 atom stereocenters. The lowest BCUT2D eigenvalue weighted by molar-refractivity contribution is 0.200.